The van der Waals surface area contributed by atoms with E-state index in [1.54, 1.807) is 0 Å². The van der Waals surface area contributed by atoms with E-state index in [1.165, 1.54) is 47.8 Å². The van der Waals surface area contributed by atoms with Crippen molar-refractivity contribution in [3.63, 3.8) is 0 Å². The van der Waals surface area contributed by atoms with Crippen molar-refractivity contribution in [2.75, 3.05) is 0 Å². The van der Waals surface area contributed by atoms with Gasteiger partial charge in [-0.05, 0) is 55.0 Å². The SMILES string of the molecule is c1ccc2nc(-c3ccc4c(c3)CCCC4)ccc2c1. The molecule has 0 spiro atoms. The van der Waals surface area contributed by atoms with Crippen molar-refractivity contribution in [2.24, 2.45) is 0 Å². The topological polar surface area (TPSA) is 12.9 Å². The summed E-state index contributed by atoms with van der Waals surface area (Å²) in [6.45, 7) is 0. The van der Waals surface area contributed by atoms with Crippen LogP contribution in [0.4, 0.5) is 0 Å². The van der Waals surface area contributed by atoms with Gasteiger partial charge in [-0.1, -0.05) is 36.4 Å². The van der Waals surface area contributed by atoms with E-state index in [2.05, 4.69) is 48.5 Å². The molecule has 1 aromatic heterocycles. The summed E-state index contributed by atoms with van der Waals surface area (Å²) < 4.78 is 0. The van der Waals surface area contributed by atoms with Crippen molar-refractivity contribution < 1.29 is 0 Å². The lowest BCUT2D eigenvalue weighted by atomic mass is 9.90. The molecular weight excluding hydrogens is 242 g/mol. The van der Waals surface area contributed by atoms with Crippen LogP contribution in [-0.2, 0) is 12.8 Å². The number of rotatable bonds is 1. The van der Waals surface area contributed by atoms with Gasteiger partial charge in [0, 0.05) is 10.9 Å². The Morgan fingerprint density at radius 3 is 2.55 bits per heavy atom. The van der Waals surface area contributed by atoms with Crippen LogP contribution in [0.3, 0.4) is 0 Å². The fourth-order valence-electron chi connectivity index (χ4n) is 3.12. The maximum Gasteiger partial charge on any atom is 0.0709 e. The Morgan fingerprint density at radius 2 is 1.60 bits per heavy atom. The van der Waals surface area contributed by atoms with Gasteiger partial charge in [0.2, 0.25) is 0 Å². The highest BCUT2D eigenvalue weighted by atomic mass is 14.7. The zero-order chi connectivity index (χ0) is 13.4. The van der Waals surface area contributed by atoms with Gasteiger partial charge in [-0.2, -0.15) is 0 Å². The quantitative estimate of drug-likeness (QED) is 0.613. The summed E-state index contributed by atoms with van der Waals surface area (Å²) in [6.07, 6.45) is 5.11. The molecule has 1 heterocycles. The van der Waals surface area contributed by atoms with Gasteiger partial charge in [0.1, 0.15) is 0 Å². The van der Waals surface area contributed by atoms with E-state index in [4.69, 9.17) is 4.98 Å². The van der Waals surface area contributed by atoms with Crippen LogP contribution in [0.15, 0.2) is 54.6 Å². The predicted octanol–water partition coefficient (Wildman–Crippen LogP) is 4.78. The first-order chi connectivity index (χ1) is 9.90. The lowest BCUT2D eigenvalue weighted by Gasteiger charge is -2.16. The molecule has 3 aromatic rings. The van der Waals surface area contributed by atoms with E-state index in [0.717, 1.165) is 11.2 Å². The zero-order valence-corrected chi connectivity index (χ0v) is 11.5. The van der Waals surface area contributed by atoms with Gasteiger partial charge >= 0.3 is 0 Å². The second-order valence-corrected chi connectivity index (χ2v) is 5.58. The molecule has 1 aliphatic carbocycles. The highest BCUT2D eigenvalue weighted by Gasteiger charge is 2.10. The van der Waals surface area contributed by atoms with E-state index in [1.807, 2.05) is 6.07 Å². The minimum atomic E-state index is 1.07. The molecule has 0 fully saturated rings. The standard InChI is InChI=1S/C19H17N/c1-2-7-16-13-17(10-9-14(16)5-1)19-12-11-15-6-3-4-8-18(15)20-19/h3-4,6,8-13H,1-2,5,7H2. The molecule has 0 bridgehead atoms. The van der Waals surface area contributed by atoms with Crippen LogP contribution in [-0.4, -0.2) is 4.98 Å². The number of hydrogen-bond acceptors (Lipinski definition) is 1. The molecule has 0 aliphatic heterocycles. The molecule has 1 nitrogen and oxygen atoms in total. The average molecular weight is 259 g/mol. The van der Waals surface area contributed by atoms with E-state index in [0.29, 0.717) is 0 Å². The fourth-order valence-corrected chi connectivity index (χ4v) is 3.12. The molecule has 98 valence electrons. The molecular formula is C19H17N. The third-order valence-electron chi connectivity index (χ3n) is 4.24. The molecule has 2 aromatic carbocycles. The highest BCUT2D eigenvalue weighted by molar-refractivity contribution is 5.81. The van der Waals surface area contributed by atoms with Gasteiger partial charge in [0.15, 0.2) is 0 Å². The molecule has 1 aliphatic rings. The van der Waals surface area contributed by atoms with Gasteiger partial charge in [-0.25, -0.2) is 4.98 Å². The van der Waals surface area contributed by atoms with E-state index in [-0.39, 0.29) is 0 Å². The minimum absolute atomic E-state index is 1.07. The summed E-state index contributed by atoms with van der Waals surface area (Å²) in [7, 11) is 0. The van der Waals surface area contributed by atoms with Crippen molar-refractivity contribution >= 4 is 10.9 Å². The summed E-state index contributed by atoms with van der Waals surface area (Å²) in [5.74, 6) is 0. The summed E-state index contributed by atoms with van der Waals surface area (Å²) >= 11 is 0. The van der Waals surface area contributed by atoms with Crippen LogP contribution in [0.5, 0.6) is 0 Å². The molecule has 20 heavy (non-hydrogen) atoms. The monoisotopic (exact) mass is 259 g/mol. The van der Waals surface area contributed by atoms with Crippen LogP contribution in [0.1, 0.15) is 24.0 Å². The zero-order valence-electron chi connectivity index (χ0n) is 11.5. The van der Waals surface area contributed by atoms with Crippen LogP contribution in [0.2, 0.25) is 0 Å². The van der Waals surface area contributed by atoms with Crippen LogP contribution in [0, 0.1) is 0 Å². The number of benzene rings is 2. The number of pyridine rings is 1. The second-order valence-electron chi connectivity index (χ2n) is 5.58. The van der Waals surface area contributed by atoms with Gasteiger partial charge in [0.05, 0.1) is 11.2 Å². The number of nitrogens with zero attached hydrogens (tertiary/aromatic N) is 1. The molecule has 0 N–H and O–H groups in total. The molecule has 4 rings (SSSR count). The number of hydrogen-bond donors (Lipinski definition) is 0. The number of aryl methyl sites for hydroxylation is 2. The molecule has 0 saturated heterocycles. The van der Waals surface area contributed by atoms with Crippen molar-refractivity contribution in [1.29, 1.82) is 0 Å². The second kappa shape index (κ2) is 4.75. The van der Waals surface area contributed by atoms with Gasteiger partial charge in [-0.3, -0.25) is 0 Å². The summed E-state index contributed by atoms with van der Waals surface area (Å²) in [5.41, 5.74) is 6.45. The summed E-state index contributed by atoms with van der Waals surface area (Å²) in [4.78, 5) is 4.79. The normalized spacial score (nSPS) is 14.2. The molecule has 0 radical (unpaired) electrons. The first-order valence-electron chi connectivity index (χ1n) is 7.38. The van der Waals surface area contributed by atoms with Crippen molar-refractivity contribution in [3.8, 4) is 11.3 Å². The lowest BCUT2D eigenvalue weighted by molar-refractivity contribution is 0.686. The van der Waals surface area contributed by atoms with Crippen LogP contribution in [0.25, 0.3) is 22.2 Å². The lowest BCUT2D eigenvalue weighted by Crippen LogP contribution is -2.02. The molecule has 1 heteroatoms. The Bertz CT molecular complexity index is 774. The molecule has 0 amide bonds. The molecule has 0 atom stereocenters. The largest absolute Gasteiger partial charge is 0.248 e. The first-order valence-corrected chi connectivity index (χ1v) is 7.38. The van der Waals surface area contributed by atoms with E-state index < -0.39 is 0 Å². The highest BCUT2D eigenvalue weighted by Crippen LogP contribution is 2.27. The predicted molar refractivity (Wildman–Crippen MR) is 83.8 cm³/mol. The summed E-state index contributed by atoms with van der Waals surface area (Å²) in [6, 6.07) is 19.4. The smallest absolute Gasteiger partial charge is 0.0709 e. The van der Waals surface area contributed by atoms with Crippen molar-refractivity contribution in [1.82, 2.24) is 4.98 Å². The van der Waals surface area contributed by atoms with Crippen molar-refractivity contribution in [3.05, 3.63) is 65.7 Å². The van der Waals surface area contributed by atoms with E-state index in [9.17, 15) is 0 Å². The maximum absolute atomic E-state index is 4.79. The fraction of sp³-hybridized carbons (Fsp3) is 0.211. The Morgan fingerprint density at radius 1 is 0.750 bits per heavy atom. The van der Waals surface area contributed by atoms with Crippen molar-refractivity contribution in [2.45, 2.75) is 25.7 Å². The number of aromatic nitrogens is 1. The minimum Gasteiger partial charge on any atom is -0.248 e. The number of para-hydroxylation sites is 1. The third kappa shape index (κ3) is 2.00. The first kappa shape index (κ1) is 11.7. The Hall–Kier alpha value is -2.15. The Balaban J connectivity index is 1.82. The summed E-state index contributed by atoms with van der Waals surface area (Å²) in [5, 5.41) is 1.20. The van der Waals surface area contributed by atoms with Crippen LogP contribution >= 0.6 is 0 Å². The Kier molecular flexibility index (Phi) is 2.77. The maximum atomic E-state index is 4.79. The molecule has 0 saturated carbocycles. The van der Waals surface area contributed by atoms with Crippen LogP contribution < -0.4 is 0 Å². The third-order valence-corrected chi connectivity index (χ3v) is 4.24. The van der Waals surface area contributed by atoms with Gasteiger partial charge < -0.3 is 0 Å². The van der Waals surface area contributed by atoms with Gasteiger partial charge in [0.25, 0.3) is 0 Å². The Labute approximate surface area is 119 Å². The average Bonchev–Trinajstić information content (AvgIpc) is 2.54. The molecule has 0 unspecified atom stereocenters. The van der Waals surface area contributed by atoms with Gasteiger partial charge in [-0.15, -0.1) is 0 Å². The van der Waals surface area contributed by atoms with E-state index >= 15 is 0 Å². The number of fused-ring (bicyclic) bond motifs is 2.